The van der Waals surface area contributed by atoms with Crippen LogP contribution in [0.1, 0.15) is 16.7 Å². The molecule has 0 heterocycles. The molecule has 0 aliphatic heterocycles. The highest BCUT2D eigenvalue weighted by Gasteiger charge is 2.34. The Balaban J connectivity index is 2.17. The maximum atomic E-state index is 13.1. The van der Waals surface area contributed by atoms with E-state index in [9.17, 15) is 17.6 Å². The molecule has 0 amide bonds. The minimum atomic E-state index is -4.69. The van der Waals surface area contributed by atoms with Crippen molar-refractivity contribution in [3.05, 3.63) is 65.0 Å². The van der Waals surface area contributed by atoms with Crippen molar-refractivity contribution in [1.29, 1.82) is 0 Å². The molecule has 2 aromatic carbocycles. The minimum Gasteiger partial charge on any atom is -0.381 e. The molecule has 2 rings (SSSR count). The quantitative estimate of drug-likeness (QED) is 0.800. The second kappa shape index (κ2) is 5.53. The molecular formula is C15H13F4N. The summed E-state index contributed by atoms with van der Waals surface area (Å²) in [5.41, 5.74) is 0.998. The first kappa shape index (κ1) is 14.4. The molecule has 2 aromatic rings. The van der Waals surface area contributed by atoms with Crippen LogP contribution in [-0.2, 0) is 12.7 Å². The zero-order valence-electron chi connectivity index (χ0n) is 10.8. The van der Waals surface area contributed by atoms with Gasteiger partial charge < -0.3 is 5.32 Å². The molecule has 0 radical (unpaired) electrons. The van der Waals surface area contributed by atoms with Crippen LogP contribution in [0.3, 0.4) is 0 Å². The Morgan fingerprint density at radius 3 is 2.40 bits per heavy atom. The normalized spacial score (nSPS) is 11.4. The highest BCUT2D eigenvalue weighted by molar-refractivity contribution is 5.48. The van der Waals surface area contributed by atoms with Gasteiger partial charge in [0.15, 0.2) is 0 Å². The molecule has 0 aliphatic rings. The van der Waals surface area contributed by atoms with Crippen LogP contribution in [0, 0.1) is 12.7 Å². The number of alkyl halides is 3. The third kappa shape index (κ3) is 3.29. The van der Waals surface area contributed by atoms with E-state index in [0.717, 1.165) is 23.3 Å². The molecule has 0 saturated heterocycles. The van der Waals surface area contributed by atoms with Crippen molar-refractivity contribution in [2.45, 2.75) is 19.6 Å². The van der Waals surface area contributed by atoms with Gasteiger partial charge in [-0.15, -0.1) is 0 Å². The monoisotopic (exact) mass is 283 g/mol. The lowest BCUT2D eigenvalue weighted by Crippen LogP contribution is -2.09. The molecular weight excluding hydrogens is 270 g/mol. The molecule has 0 fully saturated rings. The molecule has 0 aliphatic carbocycles. The van der Waals surface area contributed by atoms with E-state index in [2.05, 4.69) is 5.32 Å². The van der Waals surface area contributed by atoms with Crippen LogP contribution in [0.2, 0.25) is 0 Å². The summed E-state index contributed by atoms with van der Waals surface area (Å²) in [5, 5.41) is 2.87. The molecule has 106 valence electrons. The van der Waals surface area contributed by atoms with Crippen LogP contribution in [-0.4, -0.2) is 0 Å². The predicted molar refractivity (Wildman–Crippen MR) is 69.9 cm³/mol. The highest BCUT2D eigenvalue weighted by Crippen LogP contribution is 2.33. The van der Waals surface area contributed by atoms with Gasteiger partial charge >= 0.3 is 6.18 Å². The van der Waals surface area contributed by atoms with Crippen molar-refractivity contribution in [3.8, 4) is 0 Å². The van der Waals surface area contributed by atoms with Gasteiger partial charge in [0.2, 0.25) is 0 Å². The standard InChI is InChI=1S/C15H13F4N/c1-10-4-2-3-5-11(10)9-20-12-6-7-14(16)13(8-12)15(17,18)19/h2-8,20H,9H2,1H3. The first-order valence-corrected chi connectivity index (χ1v) is 6.03. The number of halogens is 4. The van der Waals surface area contributed by atoms with Gasteiger partial charge in [-0.25, -0.2) is 4.39 Å². The van der Waals surface area contributed by atoms with Crippen LogP contribution in [0.15, 0.2) is 42.5 Å². The van der Waals surface area contributed by atoms with Gasteiger partial charge in [0, 0.05) is 12.2 Å². The largest absolute Gasteiger partial charge is 0.419 e. The van der Waals surface area contributed by atoms with Crippen LogP contribution >= 0.6 is 0 Å². The van der Waals surface area contributed by atoms with E-state index in [4.69, 9.17) is 0 Å². The van der Waals surface area contributed by atoms with Crippen LogP contribution in [0.25, 0.3) is 0 Å². The maximum Gasteiger partial charge on any atom is 0.419 e. The number of hydrogen-bond donors (Lipinski definition) is 1. The minimum absolute atomic E-state index is 0.238. The highest BCUT2D eigenvalue weighted by atomic mass is 19.4. The molecule has 1 N–H and O–H groups in total. The van der Waals surface area contributed by atoms with E-state index in [-0.39, 0.29) is 5.69 Å². The lowest BCUT2D eigenvalue weighted by molar-refractivity contribution is -0.139. The summed E-state index contributed by atoms with van der Waals surface area (Å²) in [6.45, 7) is 2.30. The van der Waals surface area contributed by atoms with Gasteiger partial charge in [-0.2, -0.15) is 13.2 Å². The number of nitrogens with one attached hydrogen (secondary N) is 1. The van der Waals surface area contributed by atoms with E-state index in [0.29, 0.717) is 6.54 Å². The average Bonchev–Trinajstić information content (AvgIpc) is 2.38. The topological polar surface area (TPSA) is 12.0 Å². The van der Waals surface area contributed by atoms with Crippen LogP contribution in [0.5, 0.6) is 0 Å². The van der Waals surface area contributed by atoms with Crippen molar-refractivity contribution >= 4 is 5.69 Å². The smallest absolute Gasteiger partial charge is 0.381 e. The summed E-state index contributed by atoms with van der Waals surface area (Å²) in [6.07, 6.45) is -4.69. The van der Waals surface area contributed by atoms with Crippen molar-refractivity contribution in [3.63, 3.8) is 0 Å². The number of anilines is 1. The molecule has 0 bridgehead atoms. The first-order valence-electron chi connectivity index (χ1n) is 6.03. The van der Waals surface area contributed by atoms with E-state index in [1.807, 2.05) is 31.2 Å². The molecule has 0 spiro atoms. The summed E-state index contributed by atoms with van der Waals surface area (Å²) >= 11 is 0. The average molecular weight is 283 g/mol. The number of benzene rings is 2. The van der Waals surface area contributed by atoms with Gasteiger partial charge in [0.1, 0.15) is 5.82 Å². The zero-order chi connectivity index (χ0) is 14.8. The molecule has 0 saturated carbocycles. The molecule has 0 atom stereocenters. The molecule has 20 heavy (non-hydrogen) atoms. The fraction of sp³-hybridized carbons (Fsp3) is 0.200. The Morgan fingerprint density at radius 2 is 1.75 bits per heavy atom. The lowest BCUT2D eigenvalue weighted by atomic mass is 10.1. The van der Waals surface area contributed by atoms with Gasteiger partial charge in [-0.3, -0.25) is 0 Å². The Labute approximate surface area is 114 Å². The molecule has 5 heteroatoms. The van der Waals surface area contributed by atoms with Gasteiger partial charge in [-0.1, -0.05) is 24.3 Å². The predicted octanol–water partition coefficient (Wildman–Crippen LogP) is 4.77. The van der Waals surface area contributed by atoms with Gasteiger partial charge in [0.25, 0.3) is 0 Å². The summed E-state index contributed by atoms with van der Waals surface area (Å²) in [4.78, 5) is 0. The fourth-order valence-corrected chi connectivity index (χ4v) is 1.86. The van der Waals surface area contributed by atoms with E-state index < -0.39 is 17.6 Å². The molecule has 0 unspecified atom stereocenters. The zero-order valence-corrected chi connectivity index (χ0v) is 10.8. The summed E-state index contributed by atoms with van der Waals surface area (Å²) < 4.78 is 50.9. The van der Waals surface area contributed by atoms with Gasteiger partial charge in [0.05, 0.1) is 5.56 Å². The summed E-state index contributed by atoms with van der Waals surface area (Å²) in [7, 11) is 0. The maximum absolute atomic E-state index is 13.1. The number of aryl methyl sites for hydroxylation is 1. The number of rotatable bonds is 3. The van der Waals surface area contributed by atoms with Crippen molar-refractivity contribution in [1.82, 2.24) is 0 Å². The number of hydrogen-bond acceptors (Lipinski definition) is 1. The third-order valence-electron chi connectivity index (χ3n) is 3.02. The SMILES string of the molecule is Cc1ccccc1CNc1ccc(F)c(C(F)(F)F)c1. The van der Waals surface area contributed by atoms with Crippen LogP contribution in [0.4, 0.5) is 23.2 Å². The van der Waals surface area contributed by atoms with E-state index in [1.165, 1.54) is 6.07 Å². The second-order valence-electron chi connectivity index (χ2n) is 4.47. The second-order valence-corrected chi connectivity index (χ2v) is 4.47. The Kier molecular flexibility index (Phi) is 3.97. The Hall–Kier alpha value is -2.04. The first-order chi connectivity index (χ1) is 9.38. The molecule has 0 aromatic heterocycles. The van der Waals surface area contributed by atoms with Crippen LogP contribution < -0.4 is 5.32 Å². The van der Waals surface area contributed by atoms with Crippen molar-refractivity contribution in [2.75, 3.05) is 5.32 Å². The van der Waals surface area contributed by atoms with E-state index >= 15 is 0 Å². The van der Waals surface area contributed by atoms with Crippen molar-refractivity contribution < 1.29 is 17.6 Å². The Morgan fingerprint density at radius 1 is 1.05 bits per heavy atom. The summed E-state index contributed by atoms with van der Waals surface area (Å²) in [5.74, 6) is -1.26. The fourth-order valence-electron chi connectivity index (χ4n) is 1.86. The lowest BCUT2D eigenvalue weighted by Gasteiger charge is -2.12. The van der Waals surface area contributed by atoms with E-state index in [1.54, 1.807) is 0 Å². The van der Waals surface area contributed by atoms with Gasteiger partial charge in [-0.05, 0) is 36.2 Å². The summed E-state index contributed by atoms with van der Waals surface area (Å²) in [6, 6.07) is 10.5. The Bertz CT molecular complexity index is 605. The third-order valence-corrected chi connectivity index (χ3v) is 3.02. The van der Waals surface area contributed by atoms with Crippen molar-refractivity contribution in [2.24, 2.45) is 0 Å². The molecule has 1 nitrogen and oxygen atoms in total.